The van der Waals surface area contributed by atoms with Gasteiger partial charge in [0.2, 0.25) is 0 Å². The first-order chi connectivity index (χ1) is 11.1. The molecule has 0 saturated carbocycles. The van der Waals surface area contributed by atoms with Crippen LogP contribution in [0.5, 0.6) is 0 Å². The van der Waals surface area contributed by atoms with Crippen LogP contribution < -0.4 is 0 Å². The van der Waals surface area contributed by atoms with Crippen molar-refractivity contribution in [1.29, 1.82) is 0 Å². The molecule has 3 rings (SSSR count). The topological polar surface area (TPSA) is 43.1 Å². The molecule has 5 heteroatoms. The van der Waals surface area contributed by atoms with Gasteiger partial charge in [0, 0.05) is 26.1 Å². The second-order valence-corrected chi connectivity index (χ2v) is 6.57. The Kier molecular flexibility index (Phi) is 4.59. The van der Waals surface area contributed by atoms with Crippen molar-refractivity contribution in [3.05, 3.63) is 85.8 Å². The zero-order chi connectivity index (χ0) is 16.4. The summed E-state index contributed by atoms with van der Waals surface area (Å²) in [6, 6.07) is 21.4. The predicted molar refractivity (Wildman–Crippen MR) is 98.2 cm³/mol. The highest BCUT2D eigenvalue weighted by atomic mass is 79.9. The molecule has 0 aliphatic rings. The lowest BCUT2D eigenvalue weighted by molar-refractivity contribution is -0.384. The van der Waals surface area contributed by atoms with E-state index >= 15 is 0 Å². The fourth-order valence-electron chi connectivity index (χ4n) is 2.37. The minimum Gasteiger partial charge on any atom is -0.258 e. The van der Waals surface area contributed by atoms with Crippen LogP contribution in [-0.2, 0) is 0 Å². The van der Waals surface area contributed by atoms with Crippen LogP contribution in [0.25, 0.3) is 22.3 Å². The number of nitro benzene ring substituents is 1. The van der Waals surface area contributed by atoms with Crippen molar-refractivity contribution in [2.24, 2.45) is 0 Å². The molecule has 0 N–H and O–H groups in total. The molecule has 0 aromatic heterocycles. The minimum atomic E-state index is -0.363. The molecule has 3 aromatic rings. The molecule has 0 bridgehead atoms. The van der Waals surface area contributed by atoms with Crippen LogP contribution in [0.1, 0.15) is 0 Å². The molecular formula is C18H10Br2NO2. The summed E-state index contributed by atoms with van der Waals surface area (Å²) < 4.78 is 1.78. The summed E-state index contributed by atoms with van der Waals surface area (Å²) in [6.07, 6.45) is 0. The van der Waals surface area contributed by atoms with E-state index in [2.05, 4.69) is 37.9 Å². The van der Waals surface area contributed by atoms with Crippen LogP contribution in [0.3, 0.4) is 0 Å². The van der Waals surface area contributed by atoms with Gasteiger partial charge in [0.25, 0.3) is 5.69 Å². The van der Waals surface area contributed by atoms with Crippen LogP contribution in [-0.4, -0.2) is 4.92 Å². The van der Waals surface area contributed by atoms with Gasteiger partial charge in [-0.25, -0.2) is 0 Å². The summed E-state index contributed by atoms with van der Waals surface area (Å²) in [7, 11) is 0. The van der Waals surface area contributed by atoms with Crippen molar-refractivity contribution in [1.82, 2.24) is 0 Å². The zero-order valence-electron chi connectivity index (χ0n) is 11.8. The molecule has 0 aliphatic carbocycles. The van der Waals surface area contributed by atoms with E-state index in [0.29, 0.717) is 5.56 Å². The second-order valence-electron chi connectivity index (χ2n) is 4.86. The van der Waals surface area contributed by atoms with E-state index in [1.165, 1.54) is 6.07 Å². The van der Waals surface area contributed by atoms with Crippen molar-refractivity contribution in [2.75, 3.05) is 0 Å². The first-order valence-corrected chi connectivity index (χ1v) is 8.36. The minimum absolute atomic E-state index is 0.0844. The summed E-state index contributed by atoms with van der Waals surface area (Å²) in [5.74, 6) is 0. The Bertz CT molecular complexity index is 876. The lowest BCUT2D eigenvalue weighted by Crippen LogP contribution is -1.93. The lowest BCUT2D eigenvalue weighted by Gasteiger charge is -2.10. The Labute approximate surface area is 150 Å². The van der Waals surface area contributed by atoms with Gasteiger partial charge in [-0.15, -0.1) is 0 Å². The molecular weight excluding hydrogens is 422 g/mol. The van der Waals surface area contributed by atoms with Crippen molar-refractivity contribution in [3.63, 3.8) is 0 Å². The van der Waals surface area contributed by atoms with Gasteiger partial charge >= 0.3 is 0 Å². The average molecular weight is 432 g/mol. The fourth-order valence-corrected chi connectivity index (χ4v) is 3.33. The second kappa shape index (κ2) is 6.64. The first-order valence-electron chi connectivity index (χ1n) is 6.78. The van der Waals surface area contributed by atoms with Crippen LogP contribution in [0.4, 0.5) is 5.69 Å². The summed E-state index contributed by atoms with van der Waals surface area (Å²) in [5, 5.41) is 11.3. The first kappa shape index (κ1) is 15.9. The number of rotatable bonds is 3. The third-order valence-corrected chi connectivity index (χ3v) is 4.81. The SMILES string of the molecule is O=[N+]([O-])c1ccccc1-c1cc[c]c(-c2ccc(Br)cc2)c1Br. The van der Waals surface area contributed by atoms with E-state index in [-0.39, 0.29) is 10.6 Å². The van der Waals surface area contributed by atoms with E-state index in [9.17, 15) is 10.1 Å². The Hall–Kier alpha value is -1.98. The molecule has 23 heavy (non-hydrogen) atoms. The molecule has 0 heterocycles. The van der Waals surface area contributed by atoms with Crippen LogP contribution in [0.15, 0.2) is 69.6 Å². The van der Waals surface area contributed by atoms with Gasteiger partial charge in [0.1, 0.15) is 0 Å². The lowest BCUT2D eigenvalue weighted by atomic mass is 9.98. The Balaban J connectivity index is 2.18. The number of benzene rings is 3. The Morgan fingerprint density at radius 1 is 0.913 bits per heavy atom. The quantitative estimate of drug-likeness (QED) is 0.363. The highest BCUT2D eigenvalue weighted by molar-refractivity contribution is 9.11. The maximum Gasteiger partial charge on any atom is 0.277 e. The molecule has 0 atom stereocenters. The smallest absolute Gasteiger partial charge is 0.258 e. The monoisotopic (exact) mass is 430 g/mol. The van der Waals surface area contributed by atoms with Crippen molar-refractivity contribution >= 4 is 37.5 Å². The number of nitrogens with zero attached hydrogens (tertiary/aromatic N) is 1. The molecule has 3 nitrogen and oxygen atoms in total. The van der Waals surface area contributed by atoms with Gasteiger partial charge in [-0.1, -0.05) is 52.3 Å². The van der Waals surface area contributed by atoms with Crippen molar-refractivity contribution in [3.8, 4) is 22.3 Å². The molecule has 0 spiro atoms. The van der Waals surface area contributed by atoms with E-state index in [1.807, 2.05) is 30.3 Å². The van der Waals surface area contributed by atoms with E-state index in [0.717, 1.165) is 25.6 Å². The van der Waals surface area contributed by atoms with Gasteiger partial charge in [-0.2, -0.15) is 0 Å². The maximum atomic E-state index is 11.3. The Morgan fingerprint density at radius 3 is 2.30 bits per heavy atom. The number of nitro groups is 1. The molecule has 3 aromatic carbocycles. The van der Waals surface area contributed by atoms with Crippen molar-refractivity contribution < 1.29 is 4.92 Å². The number of hydrogen-bond acceptors (Lipinski definition) is 2. The number of hydrogen-bond donors (Lipinski definition) is 0. The average Bonchev–Trinajstić information content (AvgIpc) is 2.56. The maximum absolute atomic E-state index is 11.3. The Morgan fingerprint density at radius 2 is 1.61 bits per heavy atom. The van der Waals surface area contributed by atoms with E-state index in [4.69, 9.17) is 0 Å². The van der Waals surface area contributed by atoms with Crippen LogP contribution in [0.2, 0.25) is 0 Å². The van der Waals surface area contributed by atoms with Crippen LogP contribution in [0, 0.1) is 16.2 Å². The third-order valence-electron chi connectivity index (χ3n) is 3.46. The molecule has 0 amide bonds. The molecule has 0 unspecified atom stereocenters. The van der Waals surface area contributed by atoms with Crippen LogP contribution >= 0.6 is 31.9 Å². The zero-order valence-corrected chi connectivity index (χ0v) is 15.0. The van der Waals surface area contributed by atoms with Gasteiger partial charge < -0.3 is 0 Å². The molecule has 0 fully saturated rings. The van der Waals surface area contributed by atoms with E-state index in [1.54, 1.807) is 24.3 Å². The summed E-state index contributed by atoms with van der Waals surface area (Å²) in [4.78, 5) is 10.9. The largest absolute Gasteiger partial charge is 0.277 e. The highest BCUT2D eigenvalue weighted by Crippen LogP contribution is 2.39. The summed E-state index contributed by atoms with van der Waals surface area (Å²) in [5.41, 5.74) is 3.29. The standard InChI is InChI=1S/C18H10Br2NO2/c19-13-10-8-12(9-11-13)14-5-3-6-16(18(14)20)15-4-1-2-7-17(15)21(22)23/h1-4,6-11H. The molecule has 0 saturated heterocycles. The van der Waals surface area contributed by atoms with E-state index < -0.39 is 0 Å². The molecule has 1 radical (unpaired) electrons. The molecule has 0 aliphatic heterocycles. The fraction of sp³-hybridized carbons (Fsp3) is 0. The van der Waals surface area contributed by atoms with Gasteiger partial charge in [0.05, 0.1) is 10.5 Å². The normalized spacial score (nSPS) is 10.5. The van der Waals surface area contributed by atoms with Crippen molar-refractivity contribution in [2.45, 2.75) is 0 Å². The predicted octanol–water partition coefficient (Wildman–Crippen LogP) is 6.25. The third kappa shape index (κ3) is 3.21. The highest BCUT2D eigenvalue weighted by Gasteiger charge is 2.18. The van der Waals surface area contributed by atoms with Gasteiger partial charge in [-0.3, -0.25) is 10.1 Å². The summed E-state index contributed by atoms with van der Waals surface area (Å²) >= 11 is 7.01. The number of halogens is 2. The molecule has 113 valence electrons. The summed E-state index contributed by atoms with van der Waals surface area (Å²) in [6.45, 7) is 0. The number of para-hydroxylation sites is 1. The van der Waals surface area contributed by atoms with Gasteiger partial charge in [0.15, 0.2) is 0 Å². The van der Waals surface area contributed by atoms with Gasteiger partial charge in [-0.05, 0) is 45.8 Å².